The minimum Gasteiger partial charge on any atom is -0.354 e. The van der Waals surface area contributed by atoms with Crippen LogP contribution in [0.2, 0.25) is 0 Å². The van der Waals surface area contributed by atoms with E-state index >= 15 is 0 Å². The molecule has 1 unspecified atom stereocenters. The summed E-state index contributed by atoms with van der Waals surface area (Å²) >= 11 is 0. The van der Waals surface area contributed by atoms with Gasteiger partial charge in [-0.05, 0) is 12.8 Å². The minimum atomic E-state index is -0.225. The van der Waals surface area contributed by atoms with E-state index < -0.39 is 0 Å². The lowest BCUT2D eigenvalue weighted by atomic mass is 10.2. The molecule has 0 aromatic rings. The highest BCUT2D eigenvalue weighted by molar-refractivity contribution is 5.88. The lowest BCUT2D eigenvalue weighted by molar-refractivity contribution is -0.137. The Hall–Kier alpha value is -1.06. The number of nitrogens with zero attached hydrogens (tertiary/aromatic N) is 1. The van der Waals surface area contributed by atoms with Crippen LogP contribution in [0, 0.1) is 0 Å². The van der Waals surface area contributed by atoms with Gasteiger partial charge in [-0.15, -0.1) is 0 Å². The summed E-state index contributed by atoms with van der Waals surface area (Å²) in [6, 6.07) is -0.225. The van der Waals surface area contributed by atoms with E-state index in [0.29, 0.717) is 13.1 Å². The van der Waals surface area contributed by atoms with Gasteiger partial charge < -0.3 is 10.2 Å². The predicted octanol–water partition coefficient (Wildman–Crippen LogP) is 0.133. The summed E-state index contributed by atoms with van der Waals surface area (Å²) in [7, 11) is 0. The van der Waals surface area contributed by atoms with E-state index in [4.69, 9.17) is 0 Å². The number of rotatable bonds is 3. The normalized spacial score (nSPS) is 21.4. The van der Waals surface area contributed by atoms with Crippen LogP contribution >= 0.6 is 0 Å². The summed E-state index contributed by atoms with van der Waals surface area (Å²) in [6.45, 7) is 4.88. The molecule has 1 N–H and O–H groups in total. The second-order valence-electron chi connectivity index (χ2n) is 3.31. The highest BCUT2D eigenvalue weighted by atomic mass is 16.2. The maximum atomic E-state index is 11.3. The SMILES string of the molecule is CCCN(C(C)=O)C1CCNC1=O. The van der Waals surface area contributed by atoms with Gasteiger partial charge in [0.05, 0.1) is 0 Å². The highest BCUT2D eigenvalue weighted by Crippen LogP contribution is 2.10. The Kier molecular flexibility index (Phi) is 3.28. The number of nitrogens with one attached hydrogen (secondary N) is 1. The quantitative estimate of drug-likeness (QED) is 0.678. The van der Waals surface area contributed by atoms with Crippen LogP contribution in [0.1, 0.15) is 26.7 Å². The van der Waals surface area contributed by atoms with E-state index in [-0.39, 0.29) is 17.9 Å². The van der Waals surface area contributed by atoms with E-state index in [2.05, 4.69) is 5.32 Å². The Morgan fingerprint density at radius 3 is 2.77 bits per heavy atom. The maximum Gasteiger partial charge on any atom is 0.242 e. The molecule has 74 valence electrons. The highest BCUT2D eigenvalue weighted by Gasteiger charge is 2.30. The molecule has 1 aliphatic heterocycles. The molecule has 1 fully saturated rings. The third-order valence-corrected chi connectivity index (χ3v) is 2.26. The van der Waals surface area contributed by atoms with Crippen molar-refractivity contribution in [3.05, 3.63) is 0 Å². The molecule has 1 rings (SSSR count). The molecule has 4 nitrogen and oxygen atoms in total. The fourth-order valence-electron chi connectivity index (χ4n) is 1.65. The van der Waals surface area contributed by atoms with Crippen molar-refractivity contribution in [1.82, 2.24) is 10.2 Å². The maximum absolute atomic E-state index is 11.3. The first-order valence-electron chi connectivity index (χ1n) is 4.71. The molecule has 1 aliphatic rings. The Labute approximate surface area is 78.3 Å². The summed E-state index contributed by atoms with van der Waals surface area (Å²) in [5.41, 5.74) is 0. The van der Waals surface area contributed by atoms with Crippen LogP contribution in [0.15, 0.2) is 0 Å². The molecule has 13 heavy (non-hydrogen) atoms. The van der Waals surface area contributed by atoms with Crippen LogP contribution in [0.5, 0.6) is 0 Å². The Balaban J connectivity index is 2.63. The van der Waals surface area contributed by atoms with Crippen molar-refractivity contribution < 1.29 is 9.59 Å². The summed E-state index contributed by atoms with van der Waals surface area (Å²) < 4.78 is 0. The lowest BCUT2D eigenvalue weighted by Gasteiger charge is -2.25. The largest absolute Gasteiger partial charge is 0.354 e. The van der Waals surface area contributed by atoms with Gasteiger partial charge in [0.15, 0.2) is 0 Å². The van der Waals surface area contributed by atoms with E-state index in [9.17, 15) is 9.59 Å². The zero-order valence-corrected chi connectivity index (χ0v) is 8.17. The van der Waals surface area contributed by atoms with Gasteiger partial charge in [-0.3, -0.25) is 9.59 Å². The van der Waals surface area contributed by atoms with Crippen molar-refractivity contribution in [3.8, 4) is 0 Å². The van der Waals surface area contributed by atoms with Crippen molar-refractivity contribution in [2.45, 2.75) is 32.7 Å². The van der Waals surface area contributed by atoms with Gasteiger partial charge in [0.2, 0.25) is 11.8 Å². The molecule has 0 saturated carbocycles. The van der Waals surface area contributed by atoms with Crippen molar-refractivity contribution in [2.75, 3.05) is 13.1 Å². The van der Waals surface area contributed by atoms with Crippen LogP contribution in [0.4, 0.5) is 0 Å². The fraction of sp³-hybridized carbons (Fsp3) is 0.778. The fourth-order valence-corrected chi connectivity index (χ4v) is 1.65. The minimum absolute atomic E-state index is 0.0103. The first kappa shape index (κ1) is 10.0. The van der Waals surface area contributed by atoms with Gasteiger partial charge >= 0.3 is 0 Å². The number of carbonyl (C=O) groups excluding carboxylic acids is 2. The van der Waals surface area contributed by atoms with Crippen LogP contribution in [0.3, 0.4) is 0 Å². The average molecular weight is 184 g/mol. The molecular weight excluding hydrogens is 168 g/mol. The molecule has 0 spiro atoms. The van der Waals surface area contributed by atoms with Crippen molar-refractivity contribution in [2.24, 2.45) is 0 Å². The van der Waals surface area contributed by atoms with Gasteiger partial charge in [0.1, 0.15) is 6.04 Å². The zero-order valence-electron chi connectivity index (χ0n) is 8.17. The van der Waals surface area contributed by atoms with Crippen LogP contribution < -0.4 is 5.32 Å². The van der Waals surface area contributed by atoms with Crippen molar-refractivity contribution in [3.63, 3.8) is 0 Å². The molecule has 0 bridgehead atoms. The lowest BCUT2D eigenvalue weighted by Crippen LogP contribution is -2.43. The molecule has 1 atom stereocenters. The summed E-state index contributed by atoms with van der Waals surface area (Å²) in [6.07, 6.45) is 1.64. The van der Waals surface area contributed by atoms with Crippen molar-refractivity contribution in [1.29, 1.82) is 0 Å². The smallest absolute Gasteiger partial charge is 0.242 e. The third-order valence-electron chi connectivity index (χ3n) is 2.26. The molecule has 2 amide bonds. The third kappa shape index (κ3) is 2.20. The van der Waals surface area contributed by atoms with Crippen LogP contribution in [-0.4, -0.2) is 35.8 Å². The van der Waals surface area contributed by atoms with Gasteiger partial charge in [0.25, 0.3) is 0 Å². The predicted molar refractivity (Wildman–Crippen MR) is 49.1 cm³/mol. The molecule has 0 aliphatic carbocycles. The number of amides is 2. The van der Waals surface area contributed by atoms with Crippen LogP contribution in [0.25, 0.3) is 0 Å². The molecule has 4 heteroatoms. The Morgan fingerprint density at radius 1 is 1.69 bits per heavy atom. The van der Waals surface area contributed by atoms with Gasteiger partial charge in [0, 0.05) is 20.0 Å². The summed E-state index contributed by atoms with van der Waals surface area (Å²) in [4.78, 5) is 24.2. The van der Waals surface area contributed by atoms with Gasteiger partial charge in [-0.1, -0.05) is 6.92 Å². The van der Waals surface area contributed by atoms with Crippen LogP contribution in [-0.2, 0) is 9.59 Å². The monoisotopic (exact) mass is 184 g/mol. The topological polar surface area (TPSA) is 49.4 Å². The molecular formula is C9H16N2O2. The average Bonchev–Trinajstić information content (AvgIpc) is 2.47. The molecule has 0 radical (unpaired) electrons. The van der Waals surface area contributed by atoms with E-state index in [1.807, 2.05) is 6.92 Å². The molecule has 0 aromatic carbocycles. The van der Waals surface area contributed by atoms with E-state index in [1.54, 1.807) is 4.90 Å². The van der Waals surface area contributed by atoms with E-state index in [0.717, 1.165) is 12.8 Å². The number of hydrogen-bond acceptors (Lipinski definition) is 2. The first-order valence-corrected chi connectivity index (χ1v) is 4.71. The zero-order chi connectivity index (χ0) is 9.84. The second-order valence-corrected chi connectivity index (χ2v) is 3.31. The molecule has 1 saturated heterocycles. The standard InChI is InChI=1S/C9H16N2O2/c1-3-6-11(7(2)12)8-4-5-10-9(8)13/h8H,3-6H2,1-2H3,(H,10,13). The molecule has 1 heterocycles. The summed E-state index contributed by atoms with van der Waals surface area (Å²) in [5.74, 6) is -0.0208. The molecule has 0 aromatic heterocycles. The number of hydrogen-bond donors (Lipinski definition) is 1. The van der Waals surface area contributed by atoms with Gasteiger partial charge in [-0.25, -0.2) is 0 Å². The second kappa shape index (κ2) is 4.25. The van der Waals surface area contributed by atoms with Crippen molar-refractivity contribution >= 4 is 11.8 Å². The Morgan fingerprint density at radius 2 is 2.38 bits per heavy atom. The number of carbonyl (C=O) groups is 2. The van der Waals surface area contributed by atoms with Gasteiger partial charge in [-0.2, -0.15) is 0 Å². The van der Waals surface area contributed by atoms with E-state index in [1.165, 1.54) is 6.92 Å². The summed E-state index contributed by atoms with van der Waals surface area (Å²) in [5, 5.41) is 2.73. The first-order chi connectivity index (χ1) is 6.16. The Bertz CT molecular complexity index is 216.